The highest BCUT2D eigenvalue weighted by atomic mass is 16.4. The van der Waals surface area contributed by atoms with Crippen LogP contribution in [0.5, 0.6) is 5.88 Å². The fraction of sp³-hybridized carbons (Fsp3) is 0.231. The summed E-state index contributed by atoms with van der Waals surface area (Å²) in [5.74, 6) is -1.71. The zero-order valence-corrected chi connectivity index (χ0v) is 9.95. The normalized spacial score (nSPS) is 12.3. The minimum atomic E-state index is -0.959. The van der Waals surface area contributed by atoms with E-state index in [0.717, 1.165) is 5.56 Å². The molecule has 0 aliphatic heterocycles. The van der Waals surface area contributed by atoms with Crippen LogP contribution in [0.2, 0.25) is 0 Å². The molecule has 2 rings (SSSR count). The lowest BCUT2D eigenvalue weighted by Crippen LogP contribution is -2.09. The van der Waals surface area contributed by atoms with E-state index >= 15 is 0 Å². The van der Waals surface area contributed by atoms with E-state index in [1.54, 1.807) is 0 Å². The Morgan fingerprint density at radius 1 is 1.39 bits per heavy atom. The number of rotatable bonds is 4. The van der Waals surface area contributed by atoms with Crippen molar-refractivity contribution < 1.29 is 15.0 Å². The molecule has 0 saturated heterocycles. The maximum absolute atomic E-state index is 10.8. The predicted molar refractivity (Wildman–Crippen MR) is 65.5 cm³/mol. The number of nitrogens with zero attached hydrogens (tertiary/aromatic N) is 2. The Morgan fingerprint density at radius 3 is 2.67 bits per heavy atom. The number of aliphatic carboxylic acids is 1. The summed E-state index contributed by atoms with van der Waals surface area (Å²) >= 11 is 0. The monoisotopic (exact) mass is 246 g/mol. The average Bonchev–Trinajstić information content (AvgIpc) is 2.71. The van der Waals surface area contributed by atoms with E-state index in [9.17, 15) is 9.90 Å². The minimum Gasteiger partial charge on any atom is -0.493 e. The first-order valence-electron chi connectivity index (χ1n) is 5.61. The Bertz CT molecular complexity index is 549. The number of aromatic nitrogens is 2. The molecule has 0 amide bonds. The summed E-state index contributed by atoms with van der Waals surface area (Å²) in [6.45, 7) is 1.95. The van der Waals surface area contributed by atoms with Crippen LogP contribution < -0.4 is 0 Å². The first-order valence-corrected chi connectivity index (χ1v) is 5.61. The number of hydrogen-bond donors (Lipinski definition) is 2. The number of benzene rings is 1. The first kappa shape index (κ1) is 12.2. The summed E-state index contributed by atoms with van der Waals surface area (Å²) in [4.78, 5) is 10.8. The summed E-state index contributed by atoms with van der Waals surface area (Å²) in [6.07, 6.45) is 0. The van der Waals surface area contributed by atoms with Gasteiger partial charge in [0.05, 0.1) is 18.2 Å². The molecule has 0 spiro atoms. The molecule has 0 aliphatic carbocycles. The Hall–Kier alpha value is -2.30. The molecule has 2 N–H and O–H groups in total. The third kappa shape index (κ3) is 2.51. The van der Waals surface area contributed by atoms with E-state index in [1.807, 2.05) is 30.3 Å². The zero-order valence-electron chi connectivity index (χ0n) is 9.95. The zero-order chi connectivity index (χ0) is 13.1. The van der Waals surface area contributed by atoms with Gasteiger partial charge < -0.3 is 10.2 Å². The van der Waals surface area contributed by atoms with E-state index in [2.05, 4.69) is 5.10 Å². The van der Waals surface area contributed by atoms with Crippen molar-refractivity contribution in [1.29, 1.82) is 0 Å². The van der Waals surface area contributed by atoms with Gasteiger partial charge in [-0.2, -0.15) is 5.10 Å². The minimum absolute atomic E-state index is 0.0260. The molecule has 1 heterocycles. The van der Waals surface area contributed by atoms with Gasteiger partial charge in [-0.15, -0.1) is 0 Å². The molecule has 0 aliphatic rings. The largest absolute Gasteiger partial charge is 0.493 e. The SMILES string of the molecule is CC(C(=O)O)c1cc(O)n(Cc2ccccc2)n1. The van der Waals surface area contributed by atoms with Crippen molar-refractivity contribution >= 4 is 5.97 Å². The van der Waals surface area contributed by atoms with E-state index in [4.69, 9.17) is 5.11 Å². The highest BCUT2D eigenvalue weighted by Gasteiger charge is 2.19. The van der Waals surface area contributed by atoms with Gasteiger partial charge in [0.25, 0.3) is 0 Å². The van der Waals surface area contributed by atoms with Crippen molar-refractivity contribution in [2.75, 3.05) is 0 Å². The molecule has 0 fully saturated rings. The van der Waals surface area contributed by atoms with Crippen molar-refractivity contribution in [2.45, 2.75) is 19.4 Å². The molecule has 5 nitrogen and oxygen atoms in total. The van der Waals surface area contributed by atoms with Gasteiger partial charge >= 0.3 is 5.97 Å². The molecule has 1 aromatic carbocycles. The molecule has 94 valence electrons. The van der Waals surface area contributed by atoms with Crippen LogP contribution in [0, 0.1) is 0 Å². The average molecular weight is 246 g/mol. The maximum Gasteiger partial charge on any atom is 0.312 e. The smallest absolute Gasteiger partial charge is 0.312 e. The Morgan fingerprint density at radius 2 is 2.06 bits per heavy atom. The van der Waals surface area contributed by atoms with Crippen LogP contribution >= 0.6 is 0 Å². The molecular formula is C13H14N2O3. The molecule has 2 aromatic rings. The number of hydrogen-bond acceptors (Lipinski definition) is 3. The van der Waals surface area contributed by atoms with Crippen LogP contribution in [-0.4, -0.2) is 26.0 Å². The van der Waals surface area contributed by atoms with Crippen molar-refractivity contribution in [1.82, 2.24) is 9.78 Å². The van der Waals surface area contributed by atoms with Gasteiger partial charge in [0.2, 0.25) is 5.88 Å². The van der Waals surface area contributed by atoms with Crippen molar-refractivity contribution in [3.63, 3.8) is 0 Å². The summed E-state index contributed by atoms with van der Waals surface area (Å²) in [5.41, 5.74) is 1.35. The quantitative estimate of drug-likeness (QED) is 0.862. The lowest BCUT2D eigenvalue weighted by Gasteiger charge is -2.03. The van der Waals surface area contributed by atoms with Gasteiger partial charge in [-0.3, -0.25) is 4.79 Å². The molecule has 0 radical (unpaired) electrons. The van der Waals surface area contributed by atoms with E-state index in [1.165, 1.54) is 17.7 Å². The number of carboxylic acid groups (broad SMARTS) is 1. The summed E-state index contributed by atoms with van der Waals surface area (Å²) in [7, 11) is 0. The van der Waals surface area contributed by atoms with Gasteiger partial charge in [0, 0.05) is 6.07 Å². The van der Waals surface area contributed by atoms with Crippen molar-refractivity contribution in [3.8, 4) is 5.88 Å². The Labute approximate surface area is 104 Å². The fourth-order valence-corrected chi connectivity index (χ4v) is 1.64. The van der Waals surface area contributed by atoms with Crippen LogP contribution in [0.25, 0.3) is 0 Å². The van der Waals surface area contributed by atoms with Gasteiger partial charge in [-0.25, -0.2) is 4.68 Å². The standard InChI is InChI=1S/C13H14N2O3/c1-9(13(17)18)11-7-12(16)15(14-11)8-10-5-3-2-4-6-10/h2-7,9,16H,8H2,1H3,(H,17,18). The van der Waals surface area contributed by atoms with Gasteiger partial charge in [0.15, 0.2) is 0 Å². The molecule has 1 atom stereocenters. The first-order chi connectivity index (χ1) is 8.58. The predicted octanol–water partition coefficient (Wildman–Crippen LogP) is 1.83. The molecule has 0 saturated carbocycles. The molecule has 0 bridgehead atoms. The van der Waals surface area contributed by atoms with Crippen molar-refractivity contribution in [2.24, 2.45) is 0 Å². The Balaban J connectivity index is 2.22. The van der Waals surface area contributed by atoms with Crippen LogP contribution in [-0.2, 0) is 11.3 Å². The molecular weight excluding hydrogens is 232 g/mol. The van der Waals surface area contributed by atoms with Crippen LogP contribution in [0.4, 0.5) is 0 Å². The molecule has 1 unspecified atom stereocenters. The van der Waals surface area contributed by atoms with Gasteiger partial charge in [0.1, 0.15) is 0 Å². The lowest BCUT2D eigenvalue weighted by atomic mass is 10.1. The summed E-state index contributed by atoms with van der Waals surface area (Å²) < 4.78 is 1.39. The lowest BCUT2D eigenvalue weighted by molar-refractivity contribution is -0.138. The molecule has 1 aromatic heterocycles. The second-order valence-corrected chi connectivity index (χ2v) is 4.13. The third-order valence-electron chi connectivity index (χ3n) is 2.77. The van der Waals surface area contributed by atoms with E-state index in [0.29, 0.717) is 12.2 Å². The topological polar surface area (TPSA) is 75.3 Å². The third-order valence-corrected chi connectivity index (χ3v) is 2.77. The fourth-order valence-electron chi connectivity index (χ4n) is 1.64. The van der Waals surface area contributed by atoms with Crippen LogP contribution in [0.15, 0.2) is 36.4 Å². The number of carboxylic acids is 1. The highest BCUT2D eigenvalue weighted by molar-refractivity contribution is 5.74. The summed E-state index contributed by atoms with van der Waals surface area (Å²) in [6, 6.07) is 10.9. The van der Waals surface area contributed by atoms with Crippen LogP contribution in [0.1, 0.15) is 24.1 Å². The molecule has 5 heteroatoms. The maximum atomic E-state index is 10.8. The van der Waals surface area contributed by atoms with Gasteiger partial charge in [-0.1, -0.05) is 30.3 Å². The molecule has 18 heavy (non-hydrogen) atoms. The Kier molecular flexibility index (Phi) is 3.32. The number of carbonyl (C=O) groups is 1. The number of aromatic hydroxyl groups is 1. The second kappa shape index (κ2) is 4.91. The summed E-state index contributed by atoms with van der Waals surface area (Å²) in [5, 5.41) is 22.7. The van der Waals surface area contributed by atoms with E-state index in [-0.39, 0.29) is 5.88 Å². The van der Waals surface area contributed by atoms with E-state index < -0.39 is 11.9 Å². The highest BCUT2D eigenvalue weighted by Crippen LogP contribution is 2.20. The van der Waals surface area contributed by atoms with Gasteiger partial charge in [-0.05, 0) is 12.5 Å². The second-order valence-electron chi connectivity index (χ2n) is 4.13. The van der Waals surface area contributed by atoms with Crippen LogP contribution in [0.3, 0.4) is 0 Å². The van der Waals surface area contributed by atoms with Crippen molar-refractivity contribution in [3.05, 3.63) is 47.7 Å².